The Morgan fingerprint density at radius 3 is 2.58 bits per heavy atom. The zero-order valence-electron chi connectivity index (χ0n) is 14.1. The minimum absolute atomic E-state index is 0.0378. The van der Waals surface area contributed by atoms with E-state index in [1.807, 2.05) is 18.2 Å². The molecule has 6 heteroatoms. The standard InChI is InChI=1S/C20H19Cl2NO3/c21-16-8-4-9-17(22)15(16)11-20(25)26-12-19(24)23-18-10-3-6-13-5-1-2-7-14(13)18/h1-2,4-5,7-9,18H,3,6,10-12H2,(H,23,24)/t18-/m0/s1. The second-order valence-electron chi connectivity index (χ2n) is 6.25. The van der Waals surface area contributed by atoms with Crippen molar-refractivity contribution in [1.82, 2.24) is 5.32 Å². The summed E-state index contributed by atoms with van der Waals surface area (Å²) in [6, 6.07) is 13.1. The highest BCUT2D eigenvalue weighted by Gasteiger charge is 2.22. The molecule has 136 valence electrons. The number of fused-ring (bicyclic) bond motifs is 1. The van der Waals surface area contributed by atoms with Gasteiger partial charge in [-0.2, -0.15) is 0 Å². The minimum atomic E-state index is -0.542. The van der Waals surface area contributed by atoms with Crippen LogP contribution in [0.3, 0.4) is 0 Å². The van der Waals surface area contributed by atoms with Crippen molar-refractivity contribution >= 4 is 35.1 Å². The molecule has 0 heterocycles. The highest BCUT2D eigenvalue weighted by atomic mass is 35.5. The first-order chi connectivity index (χ1) is 12.5. The normalized spacial score (nSPS) is 15.8. The third-order valence-electron chi connectivity index (χ3n) is 4.45. The SMILES string of the molecule is O=C(COC(=O)Cc1c(Cl)cccc1Cl)N[C@H]1CCCc2ccccc21. The van der Waals surface area contributed by atoms with Gasteiger partial charge in [-0.3, -0.25) is 9.59 Å². The summed E-state index contributed by atoms with van der Waals surface area (Å²) in [5.41, 5.74) is 2.90. The van der Waals surface area contributed by atoms with E-state index in [0.29, 0.717) is 15.6 Å². The van der Waals surface area contributed by atoms with Crippen molar-refractivity contribution in [2.24, 2.45) is 0 Å². The fraction of sp³-hybridized carbons (Fsp3) is 0.300. The maximum absolute atomic E-state index is 12.2. The van der Waals surface area contributed by atoms with E-state index in [4.69, 9.17) is 27.9 Å². The van der Waals surface area contributed by atoms with Crippen LogP contribution in [0.1, 0.15) is 35.6 Å². The molecule has 0 fully saturated rings. The van der Waals surface area contributed by atoms with Crippen LogP contribution in [0.25, 0.3) is 0 Å². The van der Waals surface area contributed by atoms with Crippen molar-refractivity contribution in [2.45, 2.75) is 31.7 Å². The summed E-state index contributed by atoms with van der Waals surface area (Å²) in [5, 5.41) is 3.75. The number of halogens is 2. The number of esters is 1. The molecule has 1 atom stereocenters. The van der Waals surface area contributed by atoms with Crippen LogP contribution in [-0.2, 0) is 27.2 Å². The van der Waals surface area contributed by atoms with Crippen LogP contribution in [0.5, 0.6) is 0 Å². The average Bonchev–Trinajstić information content (AvgIpc) is 2.63. The first-order valence-corrected chi connectivity index (χ1v) is 9.26. The van der Waals surface area contributed by atoms with Crippen LogP contribution >= 0.6 is 23.2 Å². The Kier molecular flexibility index (Phi) is 6.17. The molecule has 26 heavy (non-hydrogen) atoms. The minimum Gasteiger partial charge on any atom is -0.455 e. The fourth-order valence-electron chi connectivity index (χ4n) is 3.18. The van der Waals surface area contributed by atoms with E-state index < -0.39 is 5.97 Å². The van der Waals surface area contributed by atoms with Crippen LogP contribution in [-0.4, -0.2) is 18.5 Å². The van der Waals surface area contributed by atoms with E-state index in [9.17, 15) is 9.59 Å². The predicted octanol–water partition coefficient (Wildman–Crippen LogP) is 4.27. The Morgan fingerprint density at radius 1 is 1.08 bits per heavy atom. The number of carbonyl (C=O) groups is 2. The van der Waals surface area contributed by atoms with Gasteiger partial charge in [-0.1, -0.05) is 53.5 Å². The highest BCUT2D eigenvalue weighted by molar-refractivity contribution is 6.36. The molecule has 0 saturated heterocycles. The van der Waals surface area contributed by atoms with Gasteiger partial charge in [0, 0.05) is 15.6 Å². The molecule has 2 aromatic rings. The number of rotatable bonds is 5. The summed E-state index contributed by atoms with van der Waals surface area (Å²) in [4.78, 5) is 24.2. The molecule has 4 nitrogen and oxygen atoms in total. The summed E-state index contributed by atoms with van der Waals surface area (Å²) < 4.78 is 5.08. The molecule has 0 unspecified atom stereocenters. The second-order valence-corrected chi connectivity index (χ2v) is 7.06. The van der Waals surface area contributed by atoms with Crippen molar-refractivity contribution in [3.63, 3.8) is 0 Å². The van der Waals surface area contributed by atoms with Crippen molar-refractivity contribution < 1.29 is 14.3 Å². The maximum atomic E-state index is 12.2. The average molecular weight is 392 g/mol. The van der Waals surface area contributed by atoms with E-state index in [1.165, 1.54) is 5.56 Å². The van der Waals surface area contributed by atoms with Gasteiger partial charge in [0.15, 0.2) is 6.61 Å². The lowest BCUT2D eigenvalue weighted by molar-refractivity contribution is -0.148. The number of amides is 1. The van der Waals surface area contributed by atoms with E-state index in [1.54, 1.807) is 18.2 Å². The van der Waals surface area contributed by atoms with Gasteiger partial charge in [-0.15, -0.1) is 0 Å². The Balaban J connectivity index is 1.53. The number of aryl methyl sites for hydroxylation is 1. The number of hydrogen-bond donors (Lipinski definition) is 1. The summed E-state index contributed by atoms with van der Waals surface area (Å²) in [6.07, 6.45) is 2.85. The molecular weight excluding hydrogens is 373 g/mol. The zero-order valence-corrected chi connectivity index (χ0v) is 15.6. The van der Waals surface area contributed by atoms with Gasteiger partial charge in [-0.25, -0.2) is 0 Å². The van der Waals surface area contributed by atoms with E-state index in [0.717, 1.165) is 24.8 Å². The molecule has 1 aliphatic rings. The Labute approximate surface area is 162 Å². The molecule has 1 N–H and O–H groups in total. The Bertz CT molecular complexity index is 802. The van der Waals surface area contributed by atoms with E-state index in [-0.39, 0.29) is 25.0 Å². The summed E-state index contributed by atoms with van der Waals surface area (Å²) in [6.45, 7) is -0.320. The van der Waals surface area contributed by atoms with E-state index >= 15 is 0 Å². The van der Waals surface area contributed by atoms with Gasteiger partial charge in [0.1, 0.15) is 0 Å². The monoisotopic (exact) mass is 391 g/mol. The van der Waals surface area contributed by atoms with E-state index in [2.05, 4.69) is 11.4 Å². The summed E-state index contributed by atoms with van der Waals surface area (Å²) >= 11 is 12.1. The summed E-state index contributed by atoms with van der Waals surface area (Å²) in [5.74, 6) is -0.857. The molecule has 1 amide bonds. The largest absolute Gasteiger partial charge is 0.455 e. The number of benzene rings is 2. The topological polar surface area (TPSA) is 55.4 Å². The van der Waals surface area contributed by atoms with Gasteiger partial charge in [-0.05, 0) is 42.5 Å². The highest BCUT2D eigenvalue weighted by Crippen LogP contribution is 2.29. The molecule has 2 aromatic carbocycles. The molecule has 0 aromatic heterocycles. The first-order valence-electron chi connectivity index (χ1n) is 8.50. The van der Waals surface area contributed by atoms with Crippen LogP contribution in [0, 0.1) is 0 Å². The molecule has 3 rings (SSSR count). The van der Waals surface area contributed by atoms with Crippen molar-refractivity contribution in [2.75, 3.05) is 6.61 Å². The first kappa shape index (κ1) is 18.7. The smallest absolute Gasteiger partial charge is 0.310 e. The number of ether oxygens (including phenoxy) is 1. The molecule has 0 spiro atoms. The maximum Gasteiger partial charge on any atom is 0.310 e. The quantitative estimate of drug-likeness (QED) is 0.774. The summed E-state index contributed by atoms with van der Waals surface area (Å²) in [7, 11) is 0. The van der Waals surface area contributed by atoms with Crippen molar-refractivity contribution in [1.29, 1.82) is 0 Å². The van der Waals surface area contributed by atoms with Gasteiger partial charge >= 0.3 is 5.97 Å². The number of carbonyl (C=O) groups excluding carboxylic acids is 2. The second kappa shape index (κ2) is 8.56. The Hall–Kier alpha value is -2.04. The lowest BCUT2D eigenvalue weighted by atomic mass is 9.88. The molecule has 0 bridgehead atoms. The number of hydrogen-bond acceptors (Lipinski definition) is 3. The van der Waals surface area contributed by atoms with Crippen LogP contribution < -0.4 is 5.32 Å². The molecule has 1 aliphatic carbocycles. The molecule has 0 saturated carbocycles. The predicted molar refractivity (Wildman–Crippen MR) is 101 cm³/mol. The Morgan fingerprint density at radius 2 is 1.81 bits per heavy atom. The van der Waals surface area contributed by atoms with Crippen molar-refractivity contribution in [3.05, 3.63) is 69.2 Å². The molecular formula is C20H19Cl2NO3. The lowest BCUT2D eigenvalue weighted by Gasteiger charge is -2.26. The van der Waals surface area contributed by atoms with Crippen molar-refractivity contribution in [3.8, 4) is 0 Å². The van der Waals surface area contributed by atoms with Gasteiger partial charge < -0.3 is 10.1 Å². The van der Waals surface area contributed by atoms with Crippen LogP contribution in [0.4, 0.5) is 0 Å². The van der Waals surface area contributed by atoms with Gasteiger partial charge in [0.05, 0.1) is 12.5 Å². The molecule has 0 radical (unpaired) electrons. The molecule has 0 aliphatic heterocycles. The zero-order chi connectivity index (χ0) is 18.5. The number of nitrogens with one attached hydrogen (secondary N) is 1. The van der Waals surface area contributed by atoms with Gasteiger partial charge in [0.2, 0.25) is 0 Å². The fourth-order valence-corrected chi connectivity index (χ4v) is 3.71. The third-order valence-corrected chi connectivity index (χ3v) is 5.16. The third kappa shape index (κ3) is 4.57. The lowest BCUT2D eigenvalue weighted by Crippen LogP contribution is -2.34. The van der Waals surface area contributed by atoms with Crippen LogP contribution in [0.2, 0.25) is 10.0 Å². The van der Waals surface area contributed by atoms with Crippen LogP contribution in [0.15, 0.2) is 42.5 Å². The van der Waals surface area contributed by atoms with Gasteiger partial charge in [0.25, 0.3) is 5.91 Å².